The normalized spacial score (nSPS) is 25.1. The summed E-state index contributed by atoms with van der Waals surface area (Å²) in [5.41, 5.74) is 7.40. The zero-order valence-corrected chi connectivity index (χ0v) is 15.2. The Morgan fingerprint density at radius 3 is 2.52 bits per heavy atom. The average molecular weight is 370 g/mol. The minimum Gasteiger partial charge on any atom is -0.342 e. The van der Waals surface area contributed by atoms with E-state index in [1.54, 1.807) is 12.1 Å². The third kappa shape index (κ3) is 3.61. The molecule has 5 heteroatoms. The van der Waals surface area contributed by atoms with Gasteiger partial charge < -0.3 is 10.6 Å². The molecule has 3 nitrogen and oxygen atoms in total. The maximum Gasteiger partial charge on any atom is 0.226 e. The number of nitrogens with zero attached hydrogens (tertiary/aromatic N) is 1. The highest BCUT2D eigenvalue weighted by Gasteiger charge is 2.46. The summed E-state index contributed by atoms with van der Waals surface area (Å²) in [6, 6.07) is 11.3. The number of amides is 1. The van der Waals surface area contributed by atoms with E-state index in [9.17, 15) is 13.6 Å². The van der Waals surface area contributed by atoms with Crippen molar-refractivity contribution in [3.8, 4) is 11.1 Å². The van der Waals surface area contributed by atoms with Gasteiger partial charge in [-0.15, -0.1) is 0 Å². The summed E-state index contributed by atoms with van der Waals surface area (Å²) in [4.78, 5) is 14.8. The van der Waals surface area contributed by atoms with Crippen LogP contribution < -0.4 is 5.73 Å². The first-order chi connectivity index (χ1) is 13.1. The molecular formula is C22H24F2N2O. The second-order valence-corrected chi connectivity index (χ2v) is 7.65. The third-order valence-corrected chi connectivity index (χ3v) is 5.78. The number of hydrogen-bond acceptors (Lipinski definition) is 2. The van der Waals surface area contributed by atoms with Gasteiger partial charge >= 0.3 is 0 Å². The molecule has 0 spiro atoms. The van der Waals surface area contributed by atoms with Gasteiger partial charge in [0.2, 0.25) is 5.91 Å². The van der Waals surface area contributed by atoms with Gasteiger partial charge in [-0.1, -0.05) is 30.3 Å². The number of carbonyl (C=O) groups is 1. The maximum atomic E-state index is 14.3. The van der Waals surface area contributed by atoms with E-state index >= 15 is 0 Å². The molecule has 142 valence electrons. The number of halogens is 2. The quantitative estimate of drug-likeness (QED) is 0.885. The van der Waals surface area contributed by atoms with Gasteiger partial charge in [0, 0.05) is 25.0 Å². The Kier molecular flexibility index (Phi) is 4.96. The van der Waals surface area contributed by atoms with Gasteiger partial charge in [-0.05, 0) is 54.9 Å². The molecule has 1 saturated heterocycles. The van der Waals surface area contributed by atoms with E-state index in [1.807, 2.05) is 17.0 Å². The first-order valence-electron chi connectivity index (χ1n) is 9.64. The Hall–Kier alpha value is -2.27. The van der Waals surface area contributed by atoms with Gasteiger partial charge in [0.1, 0.15) is 11.6 Å². The zero-order chi connectivity index (χ0) is 19.0. The van der Waals surface area contributed by atoms with E-state index in [2.05, 4.69) is 0 Å². The molecule has 1 saturated carbocycles. The maximum absolute atomic E-state index is 14.3. The van der Waals surface area contributed by atoms with E-state index in [1.165, 1.54) is 18.2 Å². The van der Waals surface area contributed by atoms with Crippen LogP contribution in [0.5, 0.6) is 0 Å². The monoisotopic (exact) mass is 370 g/mol. The van der Waals surface area contributed by atoms with Gasteiger partial charge in [-0.25, -0.2) is 8.78 Å². The van der Waals surface area contributed by atoms with Gasteiger partial charge in [0.05, 0.1) is 5.56 Å². The fraction of sp³-hybridized carbons (Fsp3) is 0.409. The SMILES string of the molecule is NC1CCCN(C(=O)C2CC2c2ccccc2-c2c(F)cccc2F)CC1. The summed E-state index contributed by atoms with van der Waals surface area (Å²) in [5, 5.41) is 0. The Labute approximate surface area is 158 Å². The molecule has 1 aliphatic heterocycles. The lowest BCUT2D eigenvalue weighted by atomic mass is 9.95. The molecule has 2 fully saturated rings. The topological polar surface area (TPSA) is 46.3 Å². The fourth-order valence-corrected chi connectivity index (χ4v) is 4.19. The summed E-state index contributed by atoms with van der Waals surface area (Å²) >= 11 is 0. The Bertz CT molecular complexity index is 834. The molecule has 0 bridgehead atoms. The van der Waals surface area contributed by atoms with E-state index in [0.29, 0.717) is 12.1 Å². The molecule has 4 rings (SSSR count). The van der Waals surface area contributed by atoms with Gasteiger partial charge in [0.15, 0.2) is 0 Å². The lowest BCUT2D eigenvalue weighted by Gasteiger charge is -2.21. The molecule has 2 aliphatic rings. The van der Waals surface area contributed by atoms with Crippen LogP contribution in [0.2, 0.25) is 0 Å². The molecule has 3 unspecified atom stereocenters. The lowest BCUT2D eigenvalue weighted by Crippen LogP contribution is -2.34. The summed E-state index contributed by atoms with van der Waals surface area (Å²) in [7, 11) is 0. The van der Waals surface area contributed by atoms with Crippen LogP contribution in [-0.4, -0.2) is 29.9 Å². The van der Waals surface area contributed by atoms with E-state index in [0.717, 1.165) is 37.8 Å². The predicted molar refractivity (Wildman–Crippen MR) is 101 cm³/mol. The van der Waals surface area contributed by atoms with Crippen molar-refractivity contribution < 1.29 is 13.6 Å². The number of carbonyl (C=O) groups excluding carboxylic acids is 1. The van der Waals surface area contributed by atoms with Crippen molar-refractivity contribution in [2.45, 2.75) is 37.6 Å². The lowest BCUT2D eigenvalue weighted by molar-refractivity contribution is -0.132. The van der Waals surface area contributed by atoms with Crippen LogP contribution in [0.4, 0.5) is 8.78 Å². The van der Waals surface area contributed by atoms with Crippen LogP contribution in [0.15, 0.2) is 42.5 Å². The summed E-state index contributed by atoms with van der Waals surface area (Å²) < 4.78 is 28.6. The van der Waals surface area contributed by atoms with E-state index < -0.39 is 11.6 Å². The Balaban J connectivity index is 1.57. The standard InChI is InChI=1S/C22H24F2N2O/c23-19-8-3-9-20(24)21(19)16-7-2-1-6-15(16)17-13-18(17)22(27)26-11-4-5-14(25)10-12-26/h1-3,6-9,14,17-18H,4-5,10-13,25H2. The molecule has 0 aromatic heterocycles. The number of likely N-dealkylation sites (tertiary alicyclic amines) is 1. The van der Waals surface area contributed by atoms with E-state index in [4.69, 9.17) is 5.73 Å². The fourth-order valence-electron chi connectivity index (χ4n) is 4.19. The molecule has 3 atom stereocenters. The first-order valence-corrected chi connectivity index (χ1v) is 9.64. The minimum absolute atomic E-state index is 0.00746. The van der Waals surface area contributed by atoms with Crippen molar-refractivity contribution >= 4 is 5.91 Å². The van der Waals surface area contributed by atoms with Gasteiger partial charge in [0.25, 0.3) is 0 Å². The highest BCUT2D eigenvalue weighted by molar-refractivity contribution is 5.84. The van der Waals surface area contributed by atoms with Crippen LogP contribution in [0, 0.1) is 17.6 Å². The molecular weight excluding hydrogens is 346 g/mol. The number of nitrogens with two attached hydrogens (primary N) is 1. The second kappa shape index (κ2) is 7.39. The third-order valence-electron chi connectivity index (χ3n) is 5.78. The van der Waals surface area contributed by atoms with Crippen molar-refractivity contribution in [3.05, 3.63) is 59.7 Å². The summed E-state index contributed by atoms with van der Waals surface area (Å²) in [5.74, 6) is -1.09. The Morgan fingerprint density at radius 1 is 1.00 bits per heavy atom. The molecule has 27 heavy (non-hydrogen) atoms. The summed E-state index contributed by atoms with van der Waals surface area (Å²) in [6.45, 7) is 1.45. The van der Waals surface area contributed by atoms with E-state index in [-0.39, 0.29) is 29.3 Å². The summed E-state index contributed by atoms with van der Waals surface area (Å²) in [6.07, 6.45) is 3.45. The molecule has 1 heterocycles. The molecule has 0 radical (unpaired) electrons. The number of hydrogen-bond donors (Lipinski definition) is 1. The van der Waals surface area contributed by atoms with Crippen LogP contribution in [0.1, 0.15) is 37.2 Å². The Morgan fingerprint density at radius 2 is 1.74 bits per heavy atom. The first kappa shape index (κ1) is 18.1. The van der Waals surface area contributed by atoms with Crippen LogP contribution in [0.25, 0.3) is 11.1 Å². The second-order valence-electron chi connectivity index (χ2n) is 7.65. The van der Waals surface area contributed by atoms with Crippen molar-refractivity contribution in [1.29, 1.82) is 0 Å². The highest BCUT2D eigenvalue weighted by Crippen LogP contribution is 2.51. The minimum atomic E-state index is -0.576. The number of rotatable bonds is 3. The van der Waals surface area contributed by atoms with Gasteiger partial charge in [-0.2, -0.15) is 0 Å². The number of benzene rings is 2. The van der Waals surface area contributed by atoms with Crippen LogP contribution in [-0.2, 0) is 4.79 Å². The molecule has 2 aromatic rings. The van der Waals surface area contributed by atoms with Crippen molar-refractivity contribution in [2.75, 3.05) is 13.1 Å². The van der Waals surface area contributed by atoms with Crippen LogP contribution in [0.3, 0.4) is 0 Å². The highest BCUT2D eigenvalue weighted by atomic mass is 19.1. The molecule has 1 amide bonds. The molecule has 2 N–H and O–H groups in total. The van der Waals surface area contributed by atoms with Crippen molar-refractivity contribution in [2.24, 2.45) is 11.7 Å². The van der Waals surface area contributed by atoms with Gasteiger partial charge in [-0.3, -0.25) is 4.79 Å². The molecule has 1 aliphatic carbocycles. The van der Waals surface area contributed by atoms with Crippen LogP contribution >= 0.6 is 0 Å². The van der Waals surface area contributed by atoms with Crippen molar-refractivity contribution in [3.63, 3.8) is 0 Å². The zero-order valence-electron chi connectivity index (χ0n) is 15.2. The predicted octanol–water partition coefficient (Wildman–Crippen LogP) is 4.08. The largest absolute Gasteiger partial charge is 0.342 e. The average Bonchev–Trinajstić information content (AvgIpc) is 3.46. The smallest absolute Gasteiger partial charge is 0.226 e. The van der Waals surface area contributed by atoms with Crippen molar-refractivity contribution in [1.82, 2.24) is 4.90 Å². The molecule has 2 aromatic carbocycles.